The molecule has 1 aromatic carbocycles. The van der Waals surface area contributed by atoms with Crippen LogP contribution in [0.25, 0.3) is 0 Å². The van der Waals surface area contributed by atoms with Gasteiger partial charge in [0, 0.05) is 20.1 Å². The first-order valence-electron chi connectivity index (χ1n) is 9.83. The summed E-state index contributed by atoms with van der Waals surface area (Å²) in [7, 11) is 3.48. The van der Waals surface area contributed by atoms with E-state index in [1.165, 1.54) is 0 Å². The average Bonchev–Trinajstić information content (AvgIpc) is 3.09. The van der Waals surface area contributed by atoms with Crippen LogP contribution in [0.15, 0.2) is 24.3 Å². The Balaban J connectivity index is 1.65. The maximum absolute atomic E-state index is 13.8. The number of fused-ring (bicyclic) bond motifs is 3. The highest BCUT2D eigenvalue weighted by atomic mass is 16.5. The second-order valence-corrected chi connectivity index (χ2v) is 8.07. The van der Waals surface area contributed by atoms with E-state index < -0.39 is 5.41 Å². The van der Waals surface area contributed by atoms with E-state index in [2.05, 4.69) is 0 Å². The van der Waals surface area contributed by atoms with Crippen molar-refractivity contribution < 1.29 is 19.1 Å². The number of likely N-dealkylation sites (N-methyl/N-ethyl adjacent to an activating group) is 1. The van der Waals surface area contributed by atoms with Crippen LogP contribution in [0, 0.1) is 5.92 Å². The van der Waals surface area contributed by atoms with Crippen LogP contribution in [0.2, 0.25) is 0 Å². The Morgan fingerprint density at radius 3 is 2.52 bits per heavy atom. The lowest BCUT2D eigenvalue weighted by molar-refractivity contribution is -0.139. The summed E-state index contributed by atoms with van der Waals surface area (Å²) >= 11 is 0. The highest BCUT2D eigenvalue weighted by Gasteiger charge is 2.48. The van der Waals surface area contributed by atoms with Crippen LogP contribution in [0.3, 0.4) is 0 Å². The number of hydrogen-bond acceptors (Lipinski definition) is 4. The van der Waals surface area contributed by atoms with Crippen molar-refractivity contribution in [3.63, 3.8) is 0 Å². The van der Waals surface area contributed by atoms with Crippen LogP contribution < -0.4 is 4.74 Å². The Morgan fingerprint density at radius 2 is 1.85 bits per heavy atom. The zero-order valence-corrected chi connectivity index (χ0v) is 16.1. The number of nitrogens with zero attached hydrogens (tertiary/aromatic N) is 2. The molecule has 0 N–H and O–H groups in total. The van der Waals surface area contributed by atoms with E-state index in [9.17, 15) is 9.59 Å². The van der Waals surface area contributed by atoms with Crippen molar-refractivity contribution in [2.24, 2.45) is 5.92 Å². The molecule has 2 atom stereocenters. The molecule has 1 aromatic rings. The van der Waals surface area contributed by atoms with Gasteiger partial charge in [0.2, 0.25) is 11.8 Å². The van der Waals surface area contributed by atoms with E-state index in [1.807, 2.05) is 36.2 Å². The van der Waals surface area contributed by atoms with Gasteiger partial charge in [-0.3, -0.25) is 9.59 Å². The number of rotatable bonds is 3. The fraction of sp³-hybridized carbons (Fsp3) is 0.619. The molecule has 2 saturated heterocycles. The standard InChI is InChI=1S/C21H28N2O4/c1-22-17-12-23(11-15(19(22)24)13-27-14-17)20(25)21(9-3-4-10-21)16-5-7-18(26-2)8-6-16/h5-8,15,17H,3-4,9-14H2,1-2H3/t15-,17+/m1/s1. The van der Waals surface area contributed by atoms with Crippen molar-refractivity contribution in [1.82, 2.24) is 9.80 Å². The summed E-state index contributed by atoms with van der Waals surface area (Å²) in [4.78, 5) is 30.1. The van der Waals surface area contributed by atoms with Crippen LogP contribution in [0.4, 0.5) is 0 Å². The molecule has 2 bridgehead atoms. The maximum atomic E-state index is 13.8. The molecule has 2 amide bonds. The molecule has 6 heteroatoms. The second kappa shape index (κ2) is 7.15. The molecule has 27 heavy (non-hydrogen) atoms. The zero-order chi connectivity index (χ0) is 19.0. The third-order valence-electron chi connectivity index (χ3n) is 6.54. The number of ether oxygens (including phenoxy) is 2. The van der Waals surface area contributed by atoms with Crippen LogP contribution in [0.1, 0.15) is 31.2 Å². The van der Waals surface area contributed by atoms with Crippen LogP contribution >= 0.6 is 0 Å². The van der Waals surface area contributed by atoms with Crippen molar-refractivity contribution >= 4 is 11.8 Å². The van der Waals surface area contributed by atoms with Crippen molar-refractivity contribution in [2.75, 3.05) is 40.5 Å². The molecule has 1 aliphatic carbocycles. The summed E-state index contributed by atoms with van der Waals surface area (Å²) in [5.41, 5.74) is 0.587. The number of carbonyl (C=O) groups is 2. The second-order valence-electron chi connectivity index (χ2n) is 8.07. The van der Waals surface area contributed by atoms with Gasteiger partial charge in [-0.05, 0) is 30.5 Å². The monoisotopic (exact) mass is 372 g/mol. The minimum atomic E-state index is -0.479. The summed E-state index contributed by atoms with van der Waals surface area (Å²) in [5, 5.41) is 0. The number of benzene rings is 1. The molecule has 6 nitrogen and oxygen atoms in total. The first-order valence-corrected chi connectivity index (χ1v) is 9.83. The number of hydrogen-bond donors (Lipinski definition) is 0. The molecule has 146 valence electrons. The number of amides is 2. The minimum absolute atomic E-state index is 0.0664. The van der Waals surface area contributed by atoms with Gasteiger partial charge in [0.25, 0.3) is 0 Å². The van der Waals surface area contributed by atoms with E-state index in [4.69, 9.17) is 9.47 Å². The zero-order valence-electron chi connectivity index (χ0n) is 16.1. The number of carbonyl (C=O) groups excluding carboxylic acids is 2. The topological polar surface area (TPSA) is 59.1 Å². The number of methoxy groups -OCH3 is 1. The lowest BCUT2D eigenvalue weighted by Crippen LogP contribution is -2.51. The molecule has 3 aliphatic rings. The van der Waals surface area contributed by atoms with Crippen LogP contribution in [-0.2, 0) is 19.7 Å². The van der Waals surface area contributed by atoms with Crippen LogP contribution in [-0.4, -0.2) is 68.1 Å². The van der Waals surface area contributed by atoms with Gasteiger partial charge in [0.15, 0.2) is 0 Å². The fourth-order valence-electron chi connectivity index (χ4n) is 4.88. The Bertz CT molecular complexity index is 711. The molecule has 0 aromatic heterocycles. The molecule has 2 aliphatic heterocycles. The van der Waals surface area contributed by atoms with Gasteiger partial charge in [-0.15, -0.1) is 0 Å². The van der Waals surface area contributed by atoms with Gasteiger partial charge in [-0.2, -0.15) is 0 Å². The Hall–Kier alpha value is -2.08. The summed E-state index contributed by atoms with van der Waals surface area (Å²) in [6.45, 7) is 1.91. The van der Waals surface area contributed by atoms with Gasteiger partial charge in [0.1, 0.15) is 5.75 Å². The van der Waals surface area contributed by atoms with E-state index >= 15 is 0 Å². The normalized spacial score (nSPS) is 27.4. The Kier molecular flexibility index (Phi) is 4.84. The molecule has 4 rings (SSSR count). The molecule has 0 unspecified atom stereocenters. The molecule has 0 spiro atoms. The van der Waals surface area contributed by atoms with Crippen molar-refractivity contribution in [3.8, 4) is 5.75 Å². The van der Waals surface area contributed by atoms with Gasteiger partial charge in [-0.1, -0.05) is 25.0 Å². The smallest absolute Gasteiger partial charge is 0.233 e. The molecule has 3 fully saturated rings. The third kappa shape index (κ3) is 3.10. The highest BCUT2D eigenvalue weighted by Crippen LogP contribution is 2.43. The average molecular weight is 372 g/mol. The summed E-state index contributed by atoms with van der Waals surface area (Å²) in [6, 6.07) is 7.86. The molecular weight excluding hydrogens is 344 g/mol. The van der Waals surface area contributed by atoms with Gasteiger partial charge in [-0.25, -0.2) is 0 Å². The largest absolute Gasteiger partial charge is 0.497 e. The van der Waals surface area contributed by atoms with Gasteiger partial charge >= 0.3 is 0 Å². The Labute approximate surface area is 160 Å². The van der Waals surface area contributed by atoms with Crippen molar-refractivity contribution in [2.45, 2.75) is 37.1 Å². The van der Waals surface area contributed by atoms with E-state index in [1.54, 1.807) is 12.0 Å². The summed E-state index contributed by atoms with van der Waals surface area (Å²) in [5.74, 6) is 0.802. The highest BCUT2D eigenvalue weighted by molar-refractivity contribution is 5.90. The molecule has 2 heterocycles. The first kappa shape index (κ1) is 18.3. The Morgan fingerprint density at radius 1 is 1.15 bits per heavy atom. The van der Waals surface area contributed by atoms with E-state index in [0.29, 0.717) is 26.3 Å². The van der Waals surface area contributed by atoms with Gasteiger partial charge < -0.3 is 19.3 Å². The third-order valence-corrected chi connectivity index (χ3v) is 6.54. The summed E-state index contributed by atoms with van der Waals surface area (Å²) in [6.07, 6.45) is 3.84. The van der Waals surface area contributed by atoms with Gasteiger partial charge in [0.05, 0.1) is 37.7 Å². The summed E-state index contributed by atoms with van der Waals surface area (Å²) < 4.78 is 11.0. The lowest BCUT2D eigenvalue weighted by atomic mass is 9.77. The predicted octanol–water partition coefficient (Wildman–Crippen LogP) is 1.82. The van der Waals surface area contributed by atoms with Crippen molar-refractivity contribution in [1.29, 1.82) is 0 Å². The molecule has 0 radical (unpaired) electrons. The fourth-order valence-corrected chi connectivity index (χ4v) is 4.88. The quantitative estimate of drug-likeness (QED) is 0.812. The first-order chi connectivity index (χ1) is 13.0. The van der Waals surface area contributed by atoms with Crippen molar-refractivity contribution in [3.05, 3.63) is 29.8 Å². The van der Waals surface area contributed by atoms with E-state index in [-0.39, 0.29) is 23.8 Å². The maximum Gasteiger partial charge on any atom is 0.233 e. The molecular formula is C21H28N2O4. The predicted molar refractivity (Wildman–Crippen MR) is 101 cm³/mol. The van der Waals surface area contributed by atoms with E-state index in [0.717, 1.165) is 37.0 Å². The van der Waals surface area contributed by atoms with Crippen LogP contribution in [0.5, 0.6) is 5.75 Å². The molecule has 1 saturated carbocycles. The SMILES string of the molecule is COc1ccc(C2(C(=O)N3C[C@@H]4COC[C@H](C3)N(C)C4=O)CCCC2)cc1. The minimum Gasteiger partial charge on any atom is -0.497 e. The lowest BCUT2D eigenvalue weighted by Gasteiger charge is -2.37.